The number of nitrogens with zero attached hydrogens (tertiary/aromatic N) is 1. The average molecular weight is 503 g/mol. The van der Waals surface area contributed by atoms with Crippen LogP contribution in [0.25, 0.3) is 0 Å². The van der Waals surface area contributed by atoms with Gasteiger partial charge in [0.15, 0.2) is 17.5 Å². The number of nitrogens with one attached hydrogen (secondary N) is 2. The van der Waals surface area contributed by atoms with Crippen molar-refractivity contribution in [1.82, 2.24) is 10.6 Å². The lowest BCUT2D eigenvalue weighted by Gasteiger charge is -2.22. The molecule has 3 rings (SSSR count). The molecule has 2 heterocycles. The smallest absolute Gasteiger partial charge is 0.191 e. The molecule has 1 aromatic carbocycles. The maximum atomic E-state index is 5.93. The van der Waals surface area contributed by atoms with Crippen LogP contribution >= 0.6 is 24.0 Å². The van der Waals surface area contributed by atoms with Gasteiger partial charge in [0.25, 0.3) is 0 Å². The first-order valence-electron chi connectivity index (χ1n) is 10.3. The minimum Gasteiger partial charge on any atom is -0.490 e. The summed E-state index contributed by atoms with van der Waals surface area (Å²) >= 11 is 0. The molecular formula is C21H34IN3O3. The molecule has 2 aliphatic heterocycles. The van der Waals surface area contributed by atoms with Crippen LogP contribution in [0.15, 0.2) is 23.2 Å². The first-order valence-corrected chi connectivity index (χ1v) is 10.3. The van der Waals surface area contributed by atoms with Gasteiger partial charge in [-0.2, -0.15) is 0 Å². The summed E-state index contributed by atoms with van der Waals surface area (Å²) in [6.45, 7) is 8.89. The Balaban J connectivity index is 0.00000280. The van der Waals surface area contributed by atoms with E-state index in [2.05, 4.69) is 29.7 Å². The average Bonchev–Trinajstić information content (AvgIpc) is 3.27. The highest BCUT2D eigenvalue weighted by molar-refractivity contribution is 14.0. The third-order valence-electron chi connectivity index (χ3n) is 5.05. The van der Waals surface area contributed by atoms with E-state index in [1.807, 2.05) is 19.9 Å². The number of benzene rings is 1. The molecule has 0 radical (unpaired) electrons. The van der Waals surface area contributed by atoms with Crippen LogP contribution in [0.2, 0.25) is 0 Å². The summed E-state index contributed by atoms with van der Waals surface area (Å²) in [5.41, 5.74) is 1.20. The molecule has 3 unspecified atom stereocenters. The molecule has 7 heteroatoms. The molecule has 2 fully saturated rings. The topological polar surface area (TPSA) is 64.1 Å². The lowest BCUT2D eigenvalue weighted by Crippen LogP contribution is -2.47. The molecule has 3 atom stereocenters. The van der Waals surface area contributed by atoms with E-state index in [9.17, 15) is 0 Å². The molecule has 2 N–H and O–H groups in total. The largest absolute Gasteiger partial charge is 0.490 e. The lowest BCUT2D eigenvalue weighted by atomic mass is 9.96. The number of ether oxygens (including phenoxy) is 3. The molecule has 1 aromatic rings. The van der Waals surface area contributed by atoms with Gasteiger partial charge in [-0.1, -0.05) is 6.07 Å². The third kappa shape index (κ3) is 6.14. The highest BCUT2D eigenvalue weighted by atomic mass is 127. The fourth-order valence-corrected chi connectivity index (χ4v) is 3.83. The van der Waals surface area contributed by atoms with Gasteiger partial charge in [0, 0.05) is 13.1 Å². The molecule has 0 saturated carbocycles. The van der Waals surface area contributed by atoms with Crippen molar-refractivity contribution >= 4 is 29.9 Å². The Morgan fingerprint density at radius 2 is 1.93 bits per heavy atom. The highest BCUT2D eigenvalue weighted by Gasteiger charge is 2.41. The Morgan fingerprint density at radius 1 is 1.14 bits per heavy atom. The maximum absolute atomic E-state index is 5.93. The van der Waals surface area contributed by atoms with Crippen molar-refractivity contribution in [3.8, 4) is 11.5 Å². The van der Waals surface area contributed by atoms with Gasteiger partial charge in [0.1, 0.15) is 0 Å². The van der Waals surface area contributed by atoms with E-state index in [1.54, 1.807) is 0 Å². The van der Waals surface area contributed by atoms with Gasteiger partial charge in [-0.3, -0.25) is 4.99 Å². The number of hydrogen-bond donors (Lipinski definition) is 2. The maximum Gasteiger partial charge on any atom is 0.191 e. The Bertz CT molecular complexity index is 641. The summed E-state index contributed by atoms with van der Waals surface area (Å²) in [5, 5.41) is 6.91. The van der Waals surface area contributed by atoms with Crippen LogP contribution in [-0.4, -0.2) is 50.5 Å². The fraction of sp³-hybridized carbons (Fsp3) is 0.667. The second-order valence-electron chi connectivity index (χ2n) is 7.02. The molecule has 0 aliphatic carbocycles. The fourth-order valence-electron chi connectivity index (χ4n) is 3.83. The molecule has 2 bridgehead atoms. The Morgan fingerprint density at radius 3 is 2.57 bits per heavy atom. The second kappa shape index (κ2) is 11.7. The van der Waals surface area contributed by atoms with Crippen LogP contribution in [0.1, 0.15) is 45.6 Å². The SMILES string of the molecule is CCNC(=NCCc1ccc(OCC)c(OCC)c1)NC1CC2CCC1O2.I. The Kier molecular flexibility index (Phi) is 9.64. The molecule has 6 nitrogen and oxygen atoms in total. The summed E-state index contributed by atoms with van der Waals surface area (Å²) in [6.07, 6.45) is 5.10. The normalized spacial score (nSPS) is 23.2. The molecule has 0 amide bonds. The van der Waals surface area contributed by atoms with Crippen LogP contribution in [0, 0.1) is 0 Å². The van der Waals surface area contributed by atoms with Gasteiger partial charge >= 0.3 is 0 Å². The van der Waals surface area contributed by atoms with Gasteiger partial charge in [-0.15, -0.1) is 24.0 Å². The van der Waals surface area contributed by atoms with Crippen molar-refractivity contribution in [3.63, 3.8) is 0 Å². The van der Waals surface area contributed by atoms with Crippen LogP contribution in [-0.2, 0) is 11.2 Å². The minimum atomic E-state index is 0. The van der Waals surface area contributed by atoms with Crippen molar-refractivity contribution < 1.29 is 14.2 Å². The molecule has 28 heavy (non-hydrogen) atoms. The zero-order valence-corrected chi connectivity index (χ0v) is 19.5. The molecular weight excluding hydrogens is 469 g/mol. The molecule has 2 aliphatic rings. The van der Waals surface area contributed by atoms with Crippen LogP contribution in [0.4, 0.5) is 0 Å². The van der Waals surface area contributed by atoms with E-state index in [1.165, 1.54) is 12.0 Å². The van der Waals surface area contributed by atoms with Crippen molar-refractivity contribution in [2.75, 3.05) is 26.3 Å². The van der Waals surface area contributed by atoms with E-state index >= 15 is 0 Å². The van der Waals surface area contributed by atoms with E-state index in [4.69, 9.17) is 19.2 Å². The van der Waals surface area contributed by atoms with Gasteiger partial charge in [0.05, 0.1) is 31.5 Å². The van der Waals surface area contributed by atoms with E-state index < -0.39 is 0 Å². The predicted octanol–water partition coefficient (Wildman–Crippen LogP) is 3.52. The van der Waals surface area contributed by atoms with E-state index in [-0.39, 0.29) is 24.0 Å². The number of rotatable bonds is 9. The summed E-state index contributed by atoms with van der Waals surface area (Å²) < 4.78 is 17.3. The Labute approximate surface area is 185 Å². The van der Waals surface area contributed by atoms with Gasteiger partial charge in [-0.05, 0) is 64.2 Å². The lowest BCUT2D eigenvalue weighted by molar-refractivity contribution is 0.0992. The van der Waals surface area contributed by atoms with Crippen LogP contribution in [0.3, 0.4) is 0 Å². The van der Waals surface area contributed by atoms with E-state index in [0.29, 0.717) is 31.5 Å². The molecule has 2 saturated heterocycles. The van der Waals surface area contributed by atoms with Crippen molar-refractivity contribution in [2.24, 2.45) is 4.99 Å². The summed E-state index contributed by atoms with van der Waals surface area (Å²) in [7, 11) is 0. The molecule has 0 spiro atoms. The number of hydrogen-bond acceptors (Lipinski definition) is 4. The first-order chi connectivity index (χ1) is 13.2. The Hall–Kier alpha value is -1.22. The van der Waals surface area contributed by atoms with Gasteiger partial charge in [0.2, 0.25) is 0 Å². The number of aliphatic imine (C=N–C) groups is 1. The molecule has 158 valence electrons. The standard InChI is InChI=1S/C21H33N3O3.HI/c1-4-22-21(24-17-14-16-8-10-18(17)27-16)23-12-11-15-7-9-19(25-5-2)20(13-15)26-6-3;/h7,9,13,16-18H,4-6,8,10-12,14H2,1-3H3,(H2,22,23,24);1H. The van der Waals surface area contributed by atoms with Gasteiger partial charge in [-0.25, -0.2) is 0 Å². The monoisotopic (exact) mass is 503 g/mol. The number of fused-ring (bicyclic) bond motifs is 2. The quantitative estimate of drug-likeness (QED) is 0.307. The summed E-state index contributed by atoms with van der Waals surface area (Å²) in [5.74, 6) is 2.50. The number of halogens is 1. The minimum absolute atomic E-state index is 0. The van der Waals surface area contributed by atoms with Crippen LogP contribution < -0.4 is 20.1 Å². The molecule has 0 aromatic heterocycles. The predicted molar refractivity (Wildman–Crippen MR) is 123 cm³/mol. The number of guanidine groups is 1. The zero-order valence-electron chi connectivity index (χ0n) is 17.2. The van der Waals surface area contributed by atoms with Gasteiger partial charge < -0.3 is 24.8 Å². The summed E-state index contributed by atoms with van der Waals surface area (Å²) in [6, 6.07) is 6.53. The first kappa shape index (κ1) is 23.1. The third-order valence-corrected chi connectivity index (χ3v) is 5.05. The zero-order chi connectivity index (χ0) is 19.1. The second-order valence-corrected chi connectivity index (χ2v) is 7.02. The van der Waals surface area contributed by atoms with Crippen LogP contribution in [0.5, 0.6) is 11.5 Å². The summed E-state index contributed by atoms with van der Waals surface area (Å²) in [4.78, 5) is 4.76. The van der Waals surface area contributed by atoms with Crippen molar-refractivity contribution in [1.29, 1.82) is 0 Å². The highest BCUT2D eigenvalue weighted by Crippen LogP contribution is 2.34. The van der Waals surface area contributed by atoms with Crippen molar-refractivity contribution in [3.05, 3.63) is 23.8 Å². The van der Waals surface area contributed by atoms with E-state index in [0.717, 1.165) is 49.8 Å². The van der Waals surface area contributed by atoms with Crippen molar-refractivity contribution in [2.45, 2.75) is 64.7 Å².